The summed E-state index contributed by atoms with van der Waals surface area (Å²) in [5, 5.41) is 2.88. The molecular formula is C21H27N4O2+. The number of aromatic amines is 1. The molecule has 1 aliphatic rings. The molecule has 0 aliphatic carbocycles. The molecule has 27 heavy (non-hydrogen) atoms. The first kappa shape index (κ1) is 18.9. The van der Waals surface area contributed by atoms with Gasteiger partial charge in [-0.1, -0.05) is 31.2 Å². The minimum atomic E-state index is -0.0501. The number of anilines is 2. The van der Waals surface area contributed by atoms with Crippen LogP contribution in [0.2, 0.25) is 0 Å². The second-order valence-electron chi connectivity index (χ2n) is 7.04. The lowest BCUT2D eigenvalue weighted by molar-refractivity contribution is -0.364. The molecule has 1 aromatic heterocycles. The zero-order valence-electron chi connectivity index (χ0n) is 15.7. The molecule has 1 aromatic carbocycles. The number of hydrogen-bond acceptors (Lipinski definition) is 3. The van der Waals surface area contributed by atoms with Crippen molar-refractivity contribution in [2.24, 2.45) is 5.92 Å². The molecule has 2 aromatic rings. The maximum atomic E-state index is 12.6. The van der Waals surface area contributed by atoms with Crippen LogP contribution < -0.4 is 15.2 Å². The van der Waals surface area contributed by atoms with Crippen LogP contribution in [-0.4, -0.2) is 42.9 Å². The molecule has 0 radical (unpaired) electrons. The molecule has 1 atom stereocenters. The molecule has 2 heterocycles. The first-order valence-corrected chi connectivity index (χ1v) is 9.46. The van der Waals surface area contributed by atoms with Gasteiger partial charge in [0.05, 0.1) is 19.3 Å². The van der Waals surface area contributed by atoms with E-state index in [2.05, 4.69) is 15.2 Å². The Bertz CT molecular complexity index is 743. The molecule has 2 amide bonds. The van der Waals surface area contributed by atoms with Gasteiger partial charge in [0.25, 0.3) is 5.82 Å². The molecule has 2 N–H and O–H groups in total. The summed E-state index contributed by atoms with van der Waals surface area (Å²) >= 11 is 0. The molecular weight excluding hydrogens is 340 g/mol. The Morgan fingerprint density at radius 2 is 1.70 bits per heavy atom. The van der Waals surface area contributed by atoms with Gasteiger partial charge in [-0.3, -0.25) is 14.5 Å². The van der Waals surface area contributed by atoms with Gasteiger partial charge in [0, 0.05) is 24.6 Å². The number of hydrogen-bond donors (Lipinski definition) is 1. The van der Waals surface area contributed by atoms with Crippen molar-refractivity contribution in [3.63, 3.8) is 0 Å². The smallest absolute Gasteiger partial charge is 0.274 e. The molecule has 0 bridgehead atoms. The fourth-order valence-electron chi connectivity index (χ4n) is 3.33. The summed E-state index contributed by atoms with van der Waals surface area (Å²) in [4.78, 5) is 32.1. The van der Waals surface area contributed by atoms with Crippen LogP contribution >= 0.6 is 0 Å². The molecule has 1 aliphatic heterocycles. The first-order valence-electron chi connectivity index (χ1n) is 9.46. The molecule has 1 fully saturated rings. The molecule has 6 nitrogen and oxygen atoms in total. The highest BCUT2D eigenvalue weighted by Crippen LogP contribution is 2.15. The van der Waals surface area contributed by atoms with Crippen molar-refractivity contribution >= 4 is 23.3 Å². The van der Waals surface area contributed by atoms with Crippen LogP contribution in [0.25, 0.3) is 0 Å². The average molecular weight is 367 g/mol. The Hall–Kier alpha value is -2.89. The Labute approximate surface area is 160 Å². The lowest BCUT2D eigenvalue weighted by Crippen LogP contribution is -2.50. The van der Waals surface area contributed by atoms with E-state index in [1.54, 1.807) is 0 Å². The van der Waals surface area contributed by atoms with Gasteiger partial charge < -0.3 is 10.2 Å². The number of amides is 2. The summed E-state index contributed by atoms with van der Waals surface area (Å²) in [5.41, 5.74) is 0.787. The Morgan fingerprint density at radius 3 is 2.37 bits per heavy atom. The van der Waals surface area contributed by atoms with E-state index in [-0.39, 0.29) is 17.7 Å². The van der Waals surface area contributed by atoms with Crippen LogP contribution in [0.3, 0.4) is 0 Å². The number of piperazine rings is 1. The number of benzene rings is 1. The van der Waals surface area contributed by atoms with E-state index in [9.17, 15) is 9.59 Å². The van der Waals surface area contributed by atoms with E-state index in [1.165, 1.54) is 0 Å². The van der Waals surface area contributed by atoms with Crippen molar-refractivity contribution in [3.05, 3.63) is 54.7 Å². The number of H-pyrrole nitrogens is 1. The number of nitrogens with one attached hydrogen (secondary N) is 2. The van der Waals surface area contributed by atoms with E-state index < -0.39 is 0 Å². The minimum absolute atomic E-state index is 0.0155. The molecule has 6 heteroatoms. The number of rotatable bonds is 6. The van der Waals surface area contributed by atoms with Gasteiger partial charge in [-0.15, -0.1) is 0 Å². The third-order valence-electron chi connectivity index (χ3n) is 4.78. The zero-order chi connectivity index (χ0) is 19.1. The zero-order valence-corrected chi connectivity index (χ0v) is 15.7. The van der Waals surface area contributed by atoms with Crippen LogP contribution in [0.1, 0.15) is 19.8 Å². The van der Waals surface area contributed by atoms with Crippen LogP contribution in [-0.2, 0) is 9.59 Å². The molecule has 0 unspecified atom stereocenters. The Balaban J connectivity index is 1.41. The van der Waals surface area contributed by atoms with Crippen molar-refractivity contribution in [3.8, 4) is 0 Å². The first-order chi connectivity index (χ1) is 13.1. The number of pyridine rings is 1. The minimum Gasteiger partial charge on any atom is -0.335 e. The molecule has 1 saturated heterocycles. The van der Waals surface area contributed by atoms with Crippen molar-refractivity contribution in [1.29, 1.82) is 0 Å². The average Bonchev–Trinajstić information content (AvgIpc) is 2.69. The van der Waals surface area contributed by atoms with Crippen LogP contribution in [0.15, 0.2) is 54.7 Å². The highest BCUT2D eigenvalue weighted by Gasteiger charge is 2.27. The highest BCUT2D eigenvalue weighted by atomic mass is 16.2. The molecule has 142 valence electrons. The number of nitrogens with zero attached hydrogens (tertiary/aromatic N) is 2. The summed E-state index contributed by atoms with van der Waals surface area (Å²) in [7, 11) is 0. The summed E-state index contributed by atoms with van der Waals surface area (Å²) in [6.45, 7) is 5.01. The van der Waals surface area contributed by atoms with Crippen LogP contribution in [0.4, 0.5) is 11.5 Å². The van der Waals surface area contributed by atoms with Crippen LogP contribution in [0, 0.1) is 5.92 Å². The fourth-order valence-corrected chi connectivity index (χ4v) is 3.33. The monoisotopic (exact) mass is 367 g/mol. The van der Waals surface area contributed by atoms with E-state index >= 15 is 0 Å². The van der Waals surface area contributed by atoms with Gasteiger partial charge in [-0.2, -0.15) is 0 Å². The third-order valence-corrected chi connectivity index (χ3v) is 4.78. The largest absolute Gasteiger partial charge is 0.335 e. The van der Waals surface area contributed by atoms with Crippen molar-refractivity contribution in [2.75, 3.05) is 36.4 Å². The lowest BCUT2D eigenvalue weighted by atomic mass is 10.0. The standard InChI is InChI=1S/C21H26N4O2/c1-17(15-20(26)23-18-7-3-2-4-8-18)16-21(27)25-13-11-24(12-14-25)19-9-5-6-10-22-19/h2-10,17H,11-16H2,1H3,(H,23,26)/p+1/t17-/m0/s1. The highest BCUT2D eigenvalue weighted by molar-refractivity contribution is 5.91. The van der Waals surface area contributed by atoms with E-state index in [0.717, 1.165) is 24.6 Å². The van der Waals surface area contributed by atoms with Gasteiger partial charge in [-0.05, 0) is 24.1 Å². The van der Waals surface area contributed by atoms with E-state index in [1.807, 2.05) is 66.6 Å². The Kier molecular flexibility index (Phi) is 6.41. The number of aromatic nitrogens is 1. The predicted octanol–water partition coefficient (Wildman–Crippen LogP) is 2.20. The van der Waals surface area contributed by atoms with Gasteiger partial charge in [0.15, 0.2) is 0 Å². The van der Waals surface area contributed by atoms with Crippen molar-refractivity contribution in [1.82, 2.24) is 4.90 Å². The second kappa shape index (κ2) is 9.16. The number of carbonyl (C=O) groups excluding carboxylic acids is 2. The second-order valence-corrected chi connectivity index (χ2v) is 7.04. The number of para-hydroxylation sites is 1. The van der Waals surface area contributed by atoms with E-state index in [0.29, 0.717) is 25.9 Å². The van der Waals surface area contributed by atoms with Gasteiger partial charge in [0.1, 0.15) is 13.1 Å². The maximum absolute atomic E-state index is 12.6. The molecule has 3 rings (SSSR count). The van der Waals surface area contributed by atoms with Crippen LogP contribution in [0.5, 0.6) is 0 Å². The quantitative estimate of drug-likeness (QED) is 0.851. The molecule has 0 saturated carbocycles. The summed E-state index contributed by atoms with van der Waals surface area (Å²) in [6.07, 6.45) is 2.66. The summed E-state index contributed by atoms with van der Waals surface area (Å²) in [5.74, 6) is 1.18. The molecule has 0 spiro atoms. The topological polar surface area (TPSA) is 66.8 Å². The third kappa shape index (κ3) is 5.54. The SMILES string of the molecule is C[C@@H](CC(=O)Nc1ccccc1)CC(=O)N1CCN(c2cccc[nH+]2)CC1. The van der Waals surface area contributed by atoms with E-state index in [4.69, 9.17) is 0 Å². The van der Waals surface area contributed by atoms with Crippen molar-refractivity contribution in [2.45, 2.75) is 19.8 Å². The number of carbonyl (C=O) groups is 2. The normalized spacial score (nSPS) is 15.3. The summed E-state index contributed by atoms with van der Waals surface area (Å²) < 4.78 is 0. The fraction of sp³-hybridized carbons (Fsp3) is 0.381. The van der Waals surface area contributed by atoms with Gasteiger partial charge >= 0.3 is 0 Å². The Morgan fingerprint density at radius 1 is 1.00 bits per heavy atom. The lowest BCUT2D eigenvalue weighted by Gasteiger charge is -2.31. The predicted molar refractivity (Wildman–Crippen MR) is 105 cm³/mol. The maximum Gasteiger partial charge on any atom is 0.274 e. The van der Waals surface area contributed by atoms with Crippen molar-refractivity contribution < 1.29 is 14.6 Å². The summed E-state index contributed by atoms with van der Waals surface area (Å²) in [6, 6.07) is 15.4. The van der Waals surface area contributed by atoms with Gasteiger partial charge in [0.2, 0.25) is 11.8 Å². The van der Waals surface area contributed by atoms with Gasteiger partial charge in [-0.25, -0.2) is 4.98 Å².